The molecule has 1 aromatic carbocycles. The molecule has 2 aromatic rings. The molecule has 0 bridgehead atoms. The molecule has 106 valence electrons. The number of hydrogen-bond acceptors (Lipinski definition) is 4. The van der Waals surface area contributed by atoms with Crippen molar-refractivity contribution in [1.29, 1.82) is 0 Å². The first-order valence-electron chi connectivity index (χ1n) is 6.48. The van der Waals surface area contributed by atoms with Crippen LogP contribution in [0, 0.1) is 6.92 Å². The molecule has 0 radical (unpaired) electrons. The van der Waals surface area contributed by atoms with Gasteiger partial charge >= 0.3 is 0 Å². The molecule has 0 fully saturated rings. The summed E-state index contributed by atoms with van der Waals surface area (Å²) in [6.07, 6.45) is 0. The van der Waals surface area contributed by atoms with E-state index in [9.17, 15) is 4.79 Å². The first kappa shape index (κ1) is 14.5. The number of likely N-dealkylation sites (N-methyl/N-ethyl adjacent to an activating group) is 1. The molecule has 1 heterocycles. The maximum Gasteiger partial charge on any atom is 0.229 e. The topological polar surface area (TPSA) is 59.2 Å². The lowest BCUT2D eigenvalue weighted by Crippen LogP contribution is -2.30. The largest absolute Gasteiger partial charge is 0.399 e. The summed E-state index contributed by atoms with van der Waals surface area (Å²) >= 11 is 1.58. The van der Waals surface area contributed by atoms with Crippen LogP contribution >= 0.6 is 11.3 Å². The summed E-state index contributed by atoms with van der Waals surface area (Å²) in [5, 5.41) is 0. The van der Waals surface area contributed by atoms with Gasteiger partial charge in [0.05, 0.1) is 23.7 Å². The summed E-state index contributed by atoms with van der Waals surface area (Å²) in [7, 11) is 1.82. The van der Waals surface area contributed by atoms with Crippen LogP contribution in [0.3, 0.4) is 0 Å². The van der Waals surface area contributed by atoms with E-state index in [1.165, 1.54) is 0 Å². The maximum atomic E-state index is 12.5. The predicted molar refractivity (Wildman–Crippen MR) is 82.6 cm³/mol. The highest BCUT2D eigenvalue weighted by Crippen LogP contribution is 2.22. The van der Waals surface area contributed by atoms with Gasteiger partial charge in [-0.2, -0.15) is 0 Å². The van der Waals surface area contributed by atoms with E-state index >= 15 is 0 Å². The Hall–Kier alpha value is -1.88. The van der Waals surface area contributed by atoms with Crippen molar-refractivity contribution < 1.29 is 4.79 Å². The van der Waals surface area contributed by atoms with Crippen molar-refractivity contribution >= 4 is 22.9 Å². The Morgan fingerprint density at radius 3 is 2.85 bits per heavy atom. The normalized spacial score (nSPS) is 12.2. The molecular formula is C15H19N3OS. The van der Waals surface area contributed by atoms with Crippen LogP contribution in [0.4, 0.5) is 5.69 Å². The molecule has 0 aliphatic rings. The van der Waals surface area contributed by atoms with Crippen LogP contribution < -0.4 is 5.73 Å². The van der Waals surface area contributed by atoms with Crippen LogP contribution in [0.5, 0.6) is 0 Å². The Bertz CT molecular complexity index is 609. The average Bonchev–Trinajstić information content (AvgIpc) is 2.82. The van der Waals surface area contributed by atoms with E-state index in [0.717, 1.165) is 16.1 Å². The van der Waals surface area contributed by atoms with Crippen LogP contribution in [0.25, 0.3) is 0 Å². The molecule has 1 amide bonds. The van der Waals surface area contributed by atoms with Gasteiger partial charge in [0.1, 0.15) is 0 Å². The first-order chi connectivity index (χ1) is 9.49. The fourth-order valence-corrected chi connectivity index (χ4v) is 2.90. The van der Waals surface area contributed by atoms with Gasteiger partial charge in [-0.3, -0.25) is 4.79 Å². The van der Waals surface area contributed by atoms with Crippen molar-refractivity contribution in [2.45, 2.75) is 26.3 Å². The number of carbonyl (C=O) groups excluding carboxylic acids is 1. The van der Waals surface area contributed by atoms with Gasteiger partial charge in [0.25, 0.3) is 0 Å². The molecule has 4 nitrogen and oxygen atoms in total. The number of nitrogen functional groups attached to an aromatic ring is 1. The van der Waals surface area contributed by atoms with Crippen molar-refractivity contribution in [3.8, 4) is 0 Å². The van der Waals surface area contributed by atoms with E-state index in [1.54, 1.807) is 16.2 Å². The van der Waals surface area contributed by atoms with Crippen LogP contribution in [0.2, 0.25) is 0 Å². The minimum Gasteiger partial charge on any atom is -0.399 e. The van der Waals surface area contributed by atoms with E-state index in [4.69, 9.17) is 5.73 Å². The zero-order chi connectivity index (χ0) is 14.7. The highest BCUT2D eigenvalue weighted by molar-refractivity contribution is 7.09. The van der Waals surface area contributed by atoms with Crippen molar-refractivity contribution in [2.75, 3.05) is 12.8 Å². The Labute approximate surface area is 123 Å². The van der Waals surface area contributed by atoms with Crippen molar-refractivity contribution in [1.82, 2.24) is 9.88 Å². The van der Waals surface area contributed by atoms with E-state index in [2.05, 4.69) is 4.98 Å². The van der Waals surface area contributed by atoms with Gasteiger partial charge in [0, 0.05) is 17.6 Å². The summed E-state index contributed by atoms with van der Waals surface area (Å²) in [6, 6.07) is 7.49. The number of hydrogen-bond donors (Lipinski definition) is 1. The minimum absolute atomic E-state index is 0.0865. The Kier molecular flexibility index (Phi) is 4.39. The molecule has 0 aliphatic heterocycles. The second-order valence-electron chi connectivity index (χ2n) is 4.95. The minimum atomic E-state index is -0.197. The summed E-state index contributed by atoms with van der Waals surface area (Å²) in [5.41, 5.74) is 10.2. The number of benzene rings is 1. The second kappa shape index (κ2) is 6.05. The molecule has 0 saturated carbocycles. The summed E-state index contributed by atoms with van der Waals surface area (Å²) in [5.74, 6) is -0.111. The number of rotatable bonds is 4. The number of nitrogens with two attached hydrogens (primary N) is 1. The lowest BCUT2D eigenvalue weighted by atomic mass is 9.99. The maximum absolute atomic E-state index is 12.5. The Balaban J connectivity index is 2.08. The van der Waals surface area contributed by atoms with Gasteiger partial charge in [-0.1, -0.05) is 12.1 Å². The molecule has 2 rings (SSSR count). The van der Waals surface area contributed by atoms with Crippen molar-refractivity contribution in [3.05, 3.63) is 45.9 Å². The number of amides is 1. The van der Waals surface area contributed by atoms with Crippen LogP contribution in [-0.4, -0.2) is 22.8 Å². The molecule has 0 saturated heterocycles. The van der Waals surface area contributed by atoms with Gasteiger partial charge in [-0.25, -0.2) is 4.98 Å². The SMILES string of the molecule is Cc1ncsc1CN(C)C(=O)C(C)c1cccc(N)c1. The van der Waals surface area contributed by atoms with Gasteiger partial charge in [-0.05, 0) is 31.5 Å². The van der Waals surface area contributed by atoms with Crippen molar-refractivity contribution in [2.24, 2.45) is 0 Å². The molecular weight excluding hydrogens is 270 g/mol. The smallest absolute Gasteiger partial charge is 0.229 e. The average molecular weight is 289 g/mol. The monoisotopic (exact) mass is 289 g/mol. The molecule has 0 spiro atoms. The zero-order valence-electron chi connectivity index (χ0n) is 12.0. The molecule has 2 N–H and O–H groups in total. The number of aromatic nitrogens is 1. The molecule has 20 heavy (non-hydrogen) atoms. The van der Waals surface area contributed by atoms with Gasteiger partial charge in [0.2, 0.25) is 5.91 Å². The third kappa shape index (κ3) is 3.17. The van der Waals surface area contributed by atoms with Crippen LogP contribution in [0.1, 0.15) is 29.0 Å². The fraction of sp³-hybridized carbons (Fsp3) is 0.333. The molecule has 1 atom stereocenters. The van der Waals surface area contributed by atoms with E-state index < -0.39 is 0 Å². The van der Waals surface area contributed by atoms with E-state index in [1.807, 2.05) is 50.7 Å². The van der Waals surface area contributed by atoms with Crippen LogP contribution in [-0.2, 0) is 11.3 Å². The number of thiazole rings is 1. The van der Waals surface area contributed by atoms with E-state index in [0.29, 0.717) is 12.2 Å². The third-order valence-electron chi connectivity index (χ3n) is 3.38. The summed E-state index contributed by atoms with van der Waals surface area (Å²) in [6.45, 7) is 4.47. The quantitative estimate of drug-likeness (QED) is 0.880. The standard InChI is InChI=1S/C15H19N3OS/c1-10(12-5-4-6-13(16)7-12)15(19)18(3)8-14-11(2)17-9-20-14/h4-7,9-10H,8,16H2,1-3H3. The van der Waals surface area contributed by atoms with Gasteiger partial charge in [0.15, 0.2) is 0 Å². The third-order valence-corrected chi connectivity index (χ3v) is 4.30. The Morgan fingerprint density at radius 2 is 2.25 bits per heavy atom. The number of anilines is 1. The Morgan fingerprint density at radius 1 is 1.50 bits per heavy atom. The summed E-state index contributed by atoms with van der Waals surface area (Å²) < 4.78 is 0. The lowest BCUT2D eigenvalue weighted by Gasteiger charge is -2.21. The van der Waals surface area contributed by atoms with Gasteiger partial charge < -0.3 is 10.6 Å². The molecule has 0 aliphatic carbocycles. The zero-order valence-corrected chi connectivity index (χ0v) is 12.8. The molecule has 5 heteroatoms. The fourth-order valence-electron chi connectivity index (χ4n) is 2.07. The summed E-state index contributed by atoms with van der Waals surface area (Å²) in [4.78, 5) is 19.5. The number of nitrogens with zero attached hydrogens (tertiary/aromatic N) is 2. The van der Waals surface area contributed by atoms with Crippen molar-refractivity contribution in [3.63, 3.8) is 0 Å². The highest BCUT2D eigenvalue weighted by atomic mass is 32.1. The highest BCUT2D eigenvalue weighted by Gasteiger charge is 2.20. The number of carbonyl (C=O) groups is 1. The van der Waals surface area contributed by atoms with Gasteiger partial charge in [-0.15, -0.1) is 11.3 Å². The van der Waals surface area contributed by atoms with E-state index in [-0.39, 0.29) is 11.8 Å². The second-order valence-corrected chi connectivity index (χ2v) is 5.89. The molecule has 1 aromatic heterocycles. The van der Waals surface area contributed by atoms with Crippen LogP contribution in [0.15, 0.2) is 29.8 Å². The number of aryl methyl sites for hydroxylation is 1. The molecule has 1 unspecified atom stereocenters. The first-order valence-corrected chi connectivity index (χ1v) is 7.36. The lowest BCUT2D eigenvalue weighted by molar-refractivity contribution is -0.131. The predicted octanol–water partition coefficient (Wildman–Crippen LogP) is 2.80.